The van der Waals surface area contributed by atoms with Gasteiger partial charge in [0.05, 0.1) is 19.8 Å². The molecule has 0 saturated carbocycles. The molecule has 2 atom stereocenters. The molecular formula is C53H100NO7P. The van der Waals surface area contributed by atoms with Gasteiger partial charge in [0.25, 0.3) is 0 Å². The van der Waals surface area contributed by atoms with E-state index in [9.17, 15) is 14.3 Å². The maximum absolute atomic E-state index is 12.7. The fraction of sp³-hybridized carbons (Fsp3) is 0.830. The van der Waals surface area contributed by atoms with Crippen molar-refractivity contribution in [1.82, 2.24) is 0 Å². The zero-order chi connectivity index (χ0) is 45.1. The van der Waals surface area contributed by atoms with E-state index in [2.05, 4.69) is 62.5 Å². The van der Waals surface area contributed by atoms with Crippen LogP contribution in [-0.4, -0.2) is 49.9 Å². The second-order valence-electron chi connectivity index (χ2n) is 17.4. The quantitative estimate of drug-likeness (QED) is 0.0268. The molecule has 0 radical (unpaired) electrons. The van der Waals surface area contributed by atoms with Gasteiger partial charge in [0, 0.05) is 19.6 Å². The van der Waals surface area contributed by atoms with Crippen molar-refractivity contribution >= 4 is 13.8 Å². The summed E-state index contributed by atoms with van der Waals surface area (Å²) < 4.78 is 33.6. The first-order chi connectivity index (χ1) is 30.4. The average Bonchev–Trinajstić information content (AvgIpc) is 3.26. The number of phosphoric ester groups is 1. The van der Waals surface area contributed by atoms with Crippen molar-refractivity contribution in [2.45, 2.75) is 251 Å². The summed E-state index contributed by atoms with van der Waals surface area (Å²) >= 11 is 0. The van der Waals surface area contributed by atoms with Gasteiger partial charge in [0.15, 0.2) is 0 Å². The Labute approximate surface area is 383 Å². The van der Waals surface area contributed by atoms with Crippen molar-refractivity contribution in [2.75, 3.05) is 33.0 Å². The molecule has 9 heteroatoms. The number of phosphoric acid groups is 1. The zero-order valence-electron chi connectivity index (χ0n) is 40.6. The van der Waals surface area contributed by atoms with Gasteiger partial charge in [-0.05, 0) is 51.4 Å². The lowest BCUT2D eigenvalue weighted by Crippen LogP contribution is -2.28. The van der Waals surface area contributed by atoms with Crippen LogP contribution >= 0.6 is 7.82 Å². The van der Waals surface area contributed by atoms with Crippen LogP contribution in [0.3, 0.4) is 0 Å². The van der Waals surface area contributed by atoms with Gasteiger partial charge in [-0.2, -0.15) is 0 Å². The molecule has 364 valence electrons. The Hall–Kier alpha value is -1.54. The molecule has 0 spiro atoms. The predicted molar refractivity (Wildman–Crippen MR) is 266 cm³/mol. The Morgan fingerprint density at radius 1 is 0.500 bits per heavy atom. The molecule has 62 heavy (non-hydrogen) atoms. The Balaban J connectivity index is 3.91. The topological polar surface area (TPSA) is 117 Å². The van der Waals surface area contributed by atoms with Gasteiger partial charge in [-0.3, -0.25) is 13.8 Å². The van der Waals surface area contributed by atoms with E-state index in [1.807, 2.05) is 0 Å². The molecule has 0 aromatic heterocycles. The number of esters is 1. The molecule has 0 aliphatic rings. The van der Waals surface area contributed by atoms with Crippen LogP contribution < -0.4 is 5.73 Å². The predicted octanol–water partition coefficient (Wildman–Crippen LogP) is 16.3. The highest BCUT2D eigenvalue weighted by atomic mass is 31.2. The van der Waals surface area contributed by atoms with Crippen LogP contribution in [0.2, 0.25) is 0 Å². The van der Waals surface area contributed by atoms with Gasteiger partial charge in [-0.15, -0.1) is 0 Å². The van der Waals surface area contributed by atoms with Gasteiger partial charge < -0.3 is 20.1 Å². The summed E-state index contributed by atoms with van der Waals surface area (Å²) in [5.74, 6) is -0.333. The monoisotopic (exact) mass is 894 g/mol. The third kappa shape index (κ3) is 49.5. The van der Waals surface area contributed by atoms with Crippen molar-refractivity contribution in [3.8, 4) is 0 Å². The normalized spacial score (nSPS) is 13.7. The molecule has 0 bridgehead atoms. The summed E-state index contributed by atoms with van der Waals surface area (Å²) in [5, 5.41) is 0. The molecule has 0 fully saturated rings. The molecule has 0 saturated heterocycles. The van der Waals surface area contributed by atoms with Crippen LogP contribution in [0, 0.1) is 0 Å². The highest BCUT2D eigenvalue weighted by Gasteiger charge is 2.25. The highest BCUT2D eigenvalue weighted by Crippen LogP contribution is 2.43. The number of nitrogens with two attached hydrogens (primary N) is 1. The Morgan fingerprint density at radius 2 is 0.903 bits per heavy atom. The molecule has 0 amide bonds. The molecule has 0 aromatic carbocycles. The lowest BCUT2D eigenvalue weighted by Gasteiger charge is -2.20. The summed E-state index contributed by atoms with van der Waals surface area (Å²) in [6.07, 6.45) is 61.6. The maximum Gasteiger partial charge on any atom is 0.472 e. The average molecular weight is 894 g/mol. The summed E-state index contributed by atoms with van der Waals surface area (Å²) in [7, 11) is -4.29. The molecule has 0 aromatic rings. The highest BCUT2D eigenvalue weighted by molar-refractivity contribution is 7.47. The second kappa shape index (κ2) is 50.5. The number of hydrogen-bond acceptors (Lipinski definition) is 7. The van der Waals surface area contributed by atoms with E-state index in [0.717, 1.165) is 70.6 Å². The number of carbonyl (C=O) groups is 1. The summed E-state index contributed by atoms with van der Waals surface area (Å²) in [5.41, 5.74) is 5.39. The molecular weight excluding hydrogens is 794 g/mol. The van der Waals surface area contributed by atoms with E-state index < -0.39 is 13.9 Å². The number of rotatable bonds is 50. The first-order valence-corrected chi connectivity index (χ1v) is 27.6. The molecule has 8 nitrogen and oxygen atoms in total. The van der Waals surface area contributed by atoms with Gasteiger partial charge in [-0.25, -0.2) is 4.57 Å². The molecule has 0 heterocycles. The van der Waals surface area contributed by atoms with Crippen LogP contribution in [0.25, 0.3) is 0 Å². The van der Waals surface area contributed by atoms with Crippen molar-refractivity contribution in [3.05, 3.63) is 48.6 Å². The van der Waals surface area contributed by atoms with E-state index in [1.165, 1.54) is 154 Å². The fourth-order valence-electron chi connectivity index (χ4n) is 7.46. The molecule has 0 aliphatic carbocycles. The Kier molecular flexibility index (Phi) is 49.2. The van der Waals surface area contributed by atoms with E-state index >= 15 is 0 Å². The third-order valence-corrected chi connectivity index (χ3v) is 12.2. The first kappa shape index (κ1) is 60.5. The molecule has 3 N–H and O–H groups in total. The summed E-state index contributed by atoms with van der Waals surface area (Å²) in [4.78, 5) is 22.6. The van der Waals surface area contributed by atoms with Gasteiger partial charge in [-0.1, -0.05) is 236 Å². The minimum Gasteiger partial charge on any atom is -0.457 e. The van der Waals surface area contributed by atoms with Gasteiger partial charge >= 0.3 is 13.8 Å². The van der Waals surface area contributed by atoms with Gasteiger partial charge in [0.2, 0.25) is 0 Å². The standard InChI is InChI=1S/C53H100NO7P/c1-3-5-7-9-11-13-15-17-19-21-23-24-25-26-27-28-29-30-32-34-36-38-40-42-44-46-53(55)61-52(51-60-62(56,57)59-49-47-54)50-58-48-45-43-41-39-37-35-33-31-22-20-18-16-14-12-10-8-6-4-2/h6,8,12,14,18,20,31,33,52H,3-5,7,9-11,13,15-17,19,21-30,32,34-51,54H2,1-2H3,(H,56,57)/b8-6-,14-12-,20-18-,33-31-. The molecule has 0 aliphatic heterocycles. The van der Waals surface area contributed by atoms with Crippen LogP contribution in [0.5, 0.6) is 0 Å². The largest absolute Gasteiger partial charge is 0.472 e. The first-order valence-electron chi connectivity index (χ1n) is 26.1. The minimum atomic E-state index is -4.29. The SMILES string of the molecule is CC/C=C\C/C=C\C/C=C\C/C=C\CCCCCCCOCC(COP(=O)(O)OCCN)OC(=O)CCCCCCCCCCCCCCCCCCCCCCCCCCC. The van der Waals surface area contributed by atoms with Gasteiger partial charge in [0.1, 0.15) is 6.10 Å². The lowest BCUT2D eigenvalue weighted by molar-refractivity contribution is -0.154. The third-order valence-electron chi connectivity index (χ3n) is 11.3. The van der Waals surface area contributed by atoms with Crippen molar-refractivity contribution in [3.63, 3.8) is 0 Å². The van der Waals surface area contributed by atoms with E-state index in [4.69, 9.17) is 24.3 Å². The lowest BCUT2D eigenvalue weighted by atomic mass is 10.0. The fourth-order valence-corrected chi connectivity index (χ4v) is 8.23. The van der Waals surface area contributed by atoms with Crippen LogP contribution in [0.1, 0.15) is 245 Å². The smallest absolute Gasteiger partial charge is 0.457 e. The van der Waals surface area contributed by atoms with Crippen LogP contribution in [0.15, 0.2) is 48.6 Å². The van der Waals surface area contributed by atoms with Crippen LogP contribution in [-0.2, 0) is 27.9 Å². The van der Waals surface area contributed by atoms with E-state index in [1.54, 1.807) is 0 Å². The maximum atomic E-state index is 12.7. The zero-order valence-corrected chi connectivity index (χ0v) is 41.5. The summed E-state index contributed by atoms with van der Waals surface area (Å²) in [6.45, 7) is 4.80. The number of hydrogen-bond donors (Lipinski definition) is 2. The number of unbranched alkanes of at least 4 members (excludes halogenated alkanes) is 29. The molecule has 2 unspecified atom stereocenters. The second-order valence-corrected chi connectivity index (χ2v) is 18.8. The van der Waals surface area contributed by atoms with Crippen molar-refractivity contribution < 1.29 is 32.8 Å². The van der Waals surface area contributed by atoms with Crippen molar-refractivity contribution in [2.24, 2.45) is 5.73 Å². The summed E-state index contributed by atoms with van der Waals surface area (Å²) in [6, 6.07) is 0. The molecule has 0 rings (SSSR count). The minimum absolute atomic E-state index is 0.0967. The Bertz CT molecular complexity index is 1090. The van der Waals surface area contributed by atoms with Crippen LogP contribution in [0.4, 0.5) is 0 Å². The van der Waals surface area contributed by atoms with E-state index in [0.29, 0.717) is 13.0 Å². The van der Waals surface area contributed by atoms with Crippen molar-refractivity contribution in [1.29, 1.82) is 0 Å². The van der Waals surface area contributed by atoms with E-state index in [-0.39, 0.29) is 32.3 Å². The number of carbonyl (C=O) groups excluding carboxylic acids is 1. The Morgan fingerprint density at radius 3 is 1.35 bits per heavy atom. The number of ether oxygens (including phenoxy) is 2. The number of allylic oxidation sites excluding steroid dienone is 8.